The molecule has 20 heavy (non-hydrogen) atoms. The molecule has 0 saturated carbocycles. The number of carbonyl (C=O) groups excluding carboxylic acids is 1. The van der Waals surface area contributed by atoms with Crippen molar-refractivity contribution in [2.75, 3.05) is 7.11 Å². The first-order valence-electron chi connectivity index (χ1n) is 7.31. The lowest BCUT2D eigenvalue weighted by atomic mass is 9.77. The van der Waals surface area contributed by atoms with Crippen LogP contribution in [-0.2, 0) is 14.9 Å². The minimum absolute atomic E-state index is 0.146. The fourth-order valence-corrected chi connectivity index (χ4v) is 2.52. The van der Waals surface area contributed by atoms with Gasteiger partial charge in [-0.2, -0.15) is 0 Å². The fourth-order valence-electron chi connectivity index (χ4n) is 2.52. The Hall–Kier alpha value is -1.57. The molecule has 0 amide bonds. The standard InChI is InChI=1S/C18H26O2/c1-5-6-7-8-9-13-18(3,17(19)20-4)16-12-10-11-15(2)14-16/h5,10-12,14H,1,6-9,13H2,2-4H3. The van der Waals surface area contributed by atoms with Crippen LogP contribution in [0.1, 0.15) is 50.2 Å². The normalized spacial score (nSPS) is 13.6. The first-order valence-corrected chi connectivity index (χ1v) is 7.31. The molecule has 1 aromatic rings. The van der Waals surface area contributed by atoms with Crippen LogP contribution in [0.4, 0.5) is 0 Å². The van der Waals surface area contributed by atoms with Crippen molar-refractivity contribution in [2.45, 2.75) is 51.4 Å². The Labute approximate surface area is 122 Å². The molecule has 0 aliphatic heterocycles. The van der Waals surface area contributed by atoms with Gasteiger partial charge in [0.2, 0.25) is 0 Å². The molecule has 0 aliphatic carbocycles. The van der Waals surface area contributed by atoms with Gasteiger partial charge in [-0.1, -0.05) is 48.7 Å². The molecule has 2 nitrogen and oxygen atoms in total. The van der Waals surface area contributed by atoms with Crippen molar-refractivity contribution in [3.05, 3.63) is 48.0 Å². The van der Waals surface area contributed by atoms with E-state index in [9.17, 15) is 4.79 Å². The molecule has 1 rings (SSSR count). The van der Waals surface area contributed by atoms with Gasteiger partial charge in [-0.25, -0.2) is 0 Å². The summed E-state index contributed by atoms with van der Waals surface area (Å²) in [5.41, 5.74) is 1.67. The number of methoxy groups -OCH3 is 1. The summed E-state index contributed by atoms with van der Waals surface area (Å²) >= 11 is 0. The number of ether oxygens (including phenoxy) is 1. The molecule has 1 unspecified atom stereocenters. The zero-order valence-electron chi connectivity index (χ0n) is 12.9. The third kappa shape index (κ3) is 4.22. The van der Waals surface area contributed by atoms with Gasteiger partial charge in [0.05, 0.1) is 12.5 Å². The predicted octanol–water partition coefficient (Wildman–Crippen LogP) is 4.56. The monoisotopic (exact) mass is 274 g/mol. The van der Waals surface area contributed by atoms with Crippen molar-refractivity contribution in [2.24, 2.45) is 0 Å². The lowest BCUT2D eigenvalue weighted by Gasteiger charge is -2.27. The molecule has 0 saturated heterocycles. The van der Waals surface area contributed by atoms with Crippen molar-refractivity contribution in [1.82, 2.24) is 0 Å². The van der Waals surface area contributed by atoms with Crippen LogP contribution in [0.5, 0.6) is 0 Å². The first-order chi connectivity index (χ1) is 9.54. The van der Waals surface area contributed by atoms with Crippen LogP contribution in [0.15, 0.2) is 36.9 Å². The van der Waals surface area contributed by atoms with E-state index in [1.54, 1.807) is 0 Å². The highest BCUT2D eigenvalue weighted by Crippen LogP contribution is 2.32. The zero-order chi connectivity index (χ0) is 15.0. The maximum atomic E-state index is 12.2. The number of hydrogen-bond acceptors (Lipinski definition) is 2. The van der Waals surface area contributed by atoms with Gasteiger partial charge in [-0.3, -0.25) is 4.79 Å². The number of aryl methyl sites for hydroxylation is 1. The first kappa shape index (κ1) is 16.5. The van der Waals surface area contributed by atoms with Crippen LogP contribution in [-0.4, -0.2) is 13.1 Å². The van der Waals surface area contributed by atoms with Gasteiger partial charge in [0.1, 0.15) is 0 Å². The lowest BCUT2D eigenvalue weighted by molar-refractivity contribution is -0.147. The number of rotatable bonds is 8. The largest absolute Gasteiger partial charge is 0.468 e. The molecule has 1 aromatic carbocycles. The second-order valence-corrected chi connectivity index (χ2v) is 5.58. The third-order valence-electron chi connectivity index (χ3n) is 3.88. The van der Waals surface area contributed by atoms with E-state index in [0.717, 1.165) is 37.7 Å². The molecule has 110 valence electrons. The van der Waals surface area contributed by atoms with Crippen molar-refractivity contribution >= 4 is 5.97 Å². The minimum Gasteiger partial charge on any atom is -0.468 e. The topological polar surface area (TPSA) is 26.3 Å². The highest BCUT2D eigenvalue weighted by Gasteiger charge is 2.35. The average molecular weight is 274 g/mol. The van der Waals surface area contributed by atoms with Gasteiger partial charge < -0.3 is 4.74 Å². The van der Waals surface area contributed by atoms with E-state index in [2.05, 4.69) is 12.6 Å². The maximum Gasteiger partial charge on any atom is 0.315 e. The average Bonchev–Trinajstić information content (AvgIpc) is 2.46. The molecular formula is C18H26O2. The Morgan fingerprint density at radius 3 is 2.70 bits per heavy atom. The smallest absolute Gasteiger partial charge is 0.315 e. The summed E-state index contributed by atoms with van der Waals surface area (Å²) in [4.78, 5) is 12.2. The Morgan fingerprint density at radius 2 is 2.10 bits per heavy atom. The van der Waals surface area contributed by atoms with Crippen LogP contribution in [0.2, 0.25) is 0 Å². The summed E-state index contributed by atoms with van der Waals surface area (Å²) in [6, 6.07) is 8.16. The van der Waals surface area contributed by atoms with Gasteiger partial charge in [0.15, 0.2) is 0 Å². The Morgan fingerprint density at radius 1 is 1.35 bits per heavy atom. The number of carbonyl (C=O) groups is 1. The van der Waals surface area contributed by atoms with Crippen molar-refractivity contribution in [1.29, 1.82) is 0 Å². The lowest BCUT2D eigenvalue weighted by Crippen LogP contribution is -2.33. The summed E-state index contributed by atoms with van der Waals surface area (Å²) in [6.45, 7) is 7.77. The van der Waals surface area contributed by atoms with Crippen LogP contribution < -0.4 is 0 Å². The summed E-state index contributed by atoms with van der Waals surface area (Å²) in [5.74, 6) is -0.146. The second-order valence-electron chi connectivity index (χ2n) is 5.58. The van der Waals surface area contributed by atoms with Gasteiger partial charge in [0, 0.05) is 0 Å². The van der Waals surface area contributed by atoms with Gasteiger partial charge >= 0.3 is 5.97 Å². The van der Waals surface area contributed by atoms with Gasteiger partial charge in [0.25, 0.3) is 0 Å². The number of hydrogen-bond donors (Lipinski definition) is 0. The Kier molecular flexibility index (Phi) is 6.50. The van der Waals surface area contributed by atoms with Crippen LogP contribution in [0.3, 0.4) is 0 Å². The van der Waals surface area contributed by atoms with Crippen molar-refractivity contribution < 1.29 is 9.53 Å². The molecule has 0 radical (unpaired) electrons. The minimum atomic E-state index is -0.547. The molecule has 1 atom stereocenters. The van der Waals surface area contributed by atoms with Crippen LogP contribution in [0.25, 0.3) is 0 Å². The molecule has 0 N–H and O–H groups in total. The summed E-state index contributed by atoms with van der Waals surface area (Å²) in [5, 5.41) is 0. The van der Waals surface area contributed by atoms with E-state index in [1.165, 1.54) is 12.7 Å². The fraction of sp³-hybridized carbons (Fsp3) is 0.500. The maximum absolute atomic E-state index is 12.2. The molecule has 0 heterocycles. The Bertz CT molecular complexity index is 450. The highest BCUT2D eigenvalue weighted by atomic mass is 16.5. The number of unbranched alkanes of at least 4 members (excludes halogenated alkanes) is 3. The van der Waals surface area contributed by atoms with E-state index >= 15 is 0 Å². The summed E-state index contributed by atoms with van der Waals surface area (Å²) < 4.78 is 5.03. The van der Waals surface area contributed by atoms with E-state index in [0.29, 0.717) is 0 Å². The molecule has 0 spiro atoms. The van der Waals surface area contributed by atoms with E-state index in [4.69, 9.17) is 4.74 Å². The molecule has 2 heteroatoms. The van der Waals surface area contributed by atoms with E-state index in [-0.39, 0.29) is 5.97 Å². The molecule has 0 aromatic heterocycles. The van der Waals surface area contributed by atoms with E-state index < -0.39 is 5.41 Å². The van der Waals surface area contributed by atoms with Crippen molar-refractivity contribution in [3.63, 3.8) is 0 Å². The molecule has 0 aliphatic rings. The predicted molar refractivity (Wildman–Crippen MR) is 83.8 cm³/mol. The molecule has 0 bridgehead atoms. The highest BCUT2D eigenvalue weighted by molar-refractivity contribution is 5.82. The van der Waals surface area contributed by atoms with Gasteiger partial charge in [-0.15, -0.1) is 6.58 Å². The third-order valence-corrected chi connectivity index (χ3v) is 3.88. The number of esters is 1. The second kappa shape index (κ2) is 7.88. The van der Waals surface area contributed by atoms with Gasteiger partial charge in [-0.05, 0) is 38.7 Å². The van der Waals surface area contributed by atoms with Crippen LogP contribution in [0, 0.1) is 6.92 Å². The quantitative estimate of drug-likeness (QED) is 0.394. The van der Waals surface area contributed by atoms with E-state index in [1.807, 2.05) is 38.1 Å². The zero-order valence-corrected chi connectivity index (χ0v) is 12.9. The SMILES string of the molecule is C=CCCCCCC(C)(C(=O)OC)c1cccc(C)c1. The van der Waals surface area contributed by atoms with Crippen LogP contribution >= 0.6 is 0 Å². The molecular weight excluding hydrogens is 248 g/mol. The number of benzene rings is 1. The van der Waals surface area contributed by atoms with Crippen molar-refractivity contribution in [3.8, 4) is 0 Å². The summed E-state index contributed by atoms with van der Waals surface area (Å²) in [6.07, 6.45) is 7.08. The summed E-state index contributed by atoms with van der Waals surface area (Å²) in [7, 11) is 1.47. The molecule has 0 fully saturated rings. The Balaban J connectivity index is 2.81. The number of allylic oxidation sites excluding steroid dienone is 1.